The van der Waals surface area contributed by atoms with Crippen LogP contribution in [0.15, 0.2) is 34.4 Å². The molecular formula is C20H21N3OS3. The van der Waals surface area contributed by atoms with Gasteiger partial charge in [0.15, 0.2) is 5.16 Å². The molecular weight excluding hydrogens is 394 g/mol. The van der Waals surface area contributed by atoms with Crippen molar-refractivity contribution < 1.29 is 4.79 Å². The minimum Gasteiger partial charge on any atom is -0.325 e. The van der Waals surface area contributed by atoms with E-state index in [2.05, 4.69) is 5.32 Å². The van der Waals surface area contributed by atoms with Crippen LogP contribution in [0.2, 0.25) is 0 Å². The molecule has 0 atom stereocenters. The number of rotatable bonds is 5. The number of hydrogen-bond acceptors (Lipinski definition) is 6. The fourth-order valence-electron chi connectivity index (χ4n) is 3.27. The lowest BCUT2D eigenvalue weighted by Gasteiger charge is -2.12. The monoisotopic (exact) mass is 415 g/mol. The standard InChI is InChI=1S/C20H21N3OS3/c1-12-7-9-13(10-8-12)21-16(24)11-26-18-17-14-5-3-4-6-15(14)27-19(17)23-20(22-18)25-2/h7-10H,3-6,11H2,1-2H3,(H,21,24). The molecule has 1 amide bonds. The second kappa shape index (κ2) is 8.20. The number of nitrogens with zero attached hydrogens (tertiary/aromatic N) is 2. The van der Waals surface area contributed by atoms with E-state index in [4.69, 9.17) is 9.97 Å². The number of hydrogen-bond donors (Lipinski definition) is 1. The van der Waals surface area contributed by atoms with E-state index in [-0.39, 0.29) is 5.91 Å². The summed E-state index contributed by atoms with van der Waals surface area (Å²) in [5.74, 6) is 0.337. The molecule has 0 aliphatic heterocycles. The van der Waals surface area contributed by atoms with Crippen LogP contribution in [-0.2, 0) is 17.6 Å². The average Bonchev–Trinajstić information content (AvgIpc) is 3.06. The molecule has 0 saturated heterocycles. The molecule has 1 aliphatic carbocycles. The summed E-state index contributed by atoms with van der Waals surface area (Å²) in [6.07, 6.45) is 6.71. The van der Waals surface area contributed by atoms with Gasteiger partial charge < -0.3 is 5.32 Å². The lowest BCUT2D eigenvalue weighted by Crippen LogP contribution is -2.14. The normalized spacial score (nSPS) is 13.6. The fourth-order valence-corrected chi connectivity index (χ4v) is 5.93. The maximum absolute atomic E-state index is 12.4. The number of nitrogens with one attached hydrogen (secondary N) is 1. The van der Waals surface area contributed by atoms with E-state index >= 15 is 0 Å². The molecule has 0 saturated carbocycles. The van der Waals surface area contributed by atoms with Crippen LogP contribution in [0.1, 0.15) is 28.8 Å². The maximum atomic E-state index is 12.4. The van der Waals surface area contributed by atoms with Crippen molar-refractivity contribution in [3.63, 3.8) is 0 Å². The van der Waals surface area contributed by atoms with Gasteiger partial charge in [0.25, 0.3) is 0 Å². The predicted octanol–water partition coefficient (Wildman–Crippen LogP) is 5.33. The van der Waals surface area contributed by atoms with Crippen LogP contribution in [0.3, 0.4) is 0 Å². The summed E-state index contributed by atoms with van der Waals surface area (Å²) in [4.78, 5) is 24.4. The minimum atomic E-state index is -0.00888. The topological polar surface area (TPSA) is 54.9 Å². The highest BCUT2D eigenvalue weighted by atomic mass is 32.2. The molecule has 0 fully saturated rings. The molecule has 1 aliphatic rings. The Labute approximate surface area is 171 Å². The van der Waals surface area contributed by atoms with Gasteiger partial charge in [-0.25, -0.2) is 9.97 Å². The van der Waals surface area contributed by atoms with Gasteiger partial charge in [-0.2, -0.15) is 0 Å². The van der Waals surface area contributed by atoms with Gasteiger partial charge in [-0.3, -0.25) is 4.79 Å². The molecule has 4 nitrogen and oxygen atoms in total. The highest BCUT2D eigenvalue weighted by molar-refractivity contribution is 8.00. The zero-order valence-electron chi connectivity index (χ0n) is 15.4. The molecule has 7 heteroatoms. The van der Waals surface area contributed by atoms with Crippen LogP contribution in [0.4, 0.5) is 5.69 Å². The number of amides is 1. The summed E-state index contributed by atoms with van der Waals surface area (Å²) in [6.45, 7) is 2.03. The largest absolute Gasteiger partial charge is 0.325 e. The van der Waals surface area contributed by atoms with Crippen molar-refractivity contribution in [3.8, 4) is 0 Å². The number of anilines is 1. The van der Waals surface area contributed by atoms with Crippen molar-refractivity contribution in [3.05, 3.63) is 40.3 Å². The van der Waals surface area contributed by atoms with Gasteiger partial charge in [0.05, 0.1) is 5.75 Å². The van der Waals surface area contributed by atoms with Crippen molar-refractivity contribution in [1.29, 1.82) is 0 Å². The third-order valence-electron chi connectivity index (χ3n) is 4.62. The summed E-state index contributed by atoms with van der Waals surface area (Å²) in [6, 6.07) is 7.86. The Hall–Kier alpha value is -1.57. The summed E-state index contributed by atoms with van der Waals surface area (Å²) < 4.78 is 0. The third kappa shape index (κ3) is 4.15. The van der Waals surface area contributed by atoms with E-state index in [1.807, 2.05) is 37.4 Å². The van der Waals surface area contributed by atoms with Gasteiger partial charge in [-0.1, -0.05) is 41.2 Å². The molecule has 0 radical (unpaired) electrons. The smallest absolute Gasteiger partial charge is 0.234 e. The van der Waals surface area contributed by atoms with E-state index in [9.17, 15) is 4.79 Å². The molecule has 1 N–H and O–H groups in total. The summed E-state index contributed by atoms with van der Waals surface area (Å²) in [5.41, 5.74) is 3.42. The molecule has 1 aromatic carbocycles. The van der Waals surface area contributed by atoms with Gasteiger partial charge in [-0.15, -0.1) is 11.3 Å². The van der Waals surface area contributed by atoms with Crippen LogP contribution in [0.25, 0.3) is 10.2 Å². The van der Waals surface area contributed by atoms with Crippen molar-refractivity contribution >= 4 is 56.7 Å². The maximum Gasteiger partial charge on any atom is 0.234 e. The summed E-state index contributed by atoms with van der Waals surface area (Å²) in [7, 11) is 0. The Morgan fingerprint density at radius 1 is 1.19 bits per heavy atom. The Morgan fingerprint density at radius 2 is 1.96 bits per heavy atom. The van der Waals surface area contributed by atoms with Crippen molar-refractivity contribution in [2.75, 3.05) is 17.3 Å². The molecule has 0 bridgehead atoms. The second-order valence-corrected chi connectivity index (χ2v) is 9.43. The van der Waals surface area contributed by atoms with Crippen LogP contribution in [0.5, 0.6) is 0 Å². The lowest BCUT2D eigenvalue weighted by molar-refractivity contribution is -0.113. The van der Waals surface area contributed by atoms with Gasteiger partial charge in [0, 0.05) is 16.0 Å². The zero-order valence-corrected chi connectivity index (χ0v) is 17.8. The number of thioether (sulfide) groups is 2. The summed E-state index contributed by atoms with van der Waals surface area (Å²) >= 11 is 4.87. The highest BCUT2D eigenvalue weighted by Gasteiger charge is 2.21. The van der Waals surface area contributed by atoms with E-state index < -0.39 is 0 Å². The number of benzene rings is 1. The third-order valence-corrected chi connectivity index (χ3v) is 7.33. The molecule has 2 aromatic heterocycles. The number of fused-ring (bicyclic) bond motifs is 3. The first-order chi connectivity index (χ1) is 13.1. The van der Waals surface area contributed by atoms with Crippen molar-refractivity contribution in [2.24, 2.45) is 0 Å². The summed E-state index contributed by atoms with van der Waals surface area (Å²) in [5, 5.41) is 5.87. The number of aromatic nitrogens is 2. The van der Waals surface area contributed by atoms with E-state index in [1.165, 1.54) is 46.0 Å². The fraction of sp³-hybridized carbons (Fsp3) is 0.350. The molecule has 140 valence electrons. The molecule has 2 heterocycles. The van der Waals surface area contributed by atoms with Crippen LogP contribution >= 0.6 is 34.9 Å². The Morgan fingerprint density at radius 3 is 2.74 bits per heavy atom. The second-order valence-electron chi connectivity index (χ2n) is 6.61. The molecule has 27 heavy (non-hydrogen) atoms. The Balaban J connectivity index is 1.56. The van der Waals surface area contributed by atoms with Crippen LogP contribution < -0.4 is 5.32 Å². The van der Waals surface area contributed by atoms with E-state index in [0.717, 1.165) is 33.5 Å². The molecule has 4 rings (SSSR count). The number of carbonyl (C=O) groups excluding carboxylic acids is 1. The minimum absolute atomic E-state index is 0.00888. The van der Waals surface area contributed by atoms with Gasteiger partial charge in [0.1, 0.15) is 9.86 Å². The average molecular weight is 416 g/mol. The first kappa shape index (κ1) is 18.8. The SMILES string of the molecule is CSc1nc(SCC(=O)Nc2ccc(C)cc2)c2c3c(sc2n1)CCCC3. The first-order valence-corrected chi connectivity index (χ1v) is 12.0. The van der Waals surface area contributed by atoms with Crippen molar-refractivity contribution in [2.45, 2.75) is 42.8 Å². The Kier molecular flexibility index (Phi) is 5.71. The Bertz CT molecular complexity index is 982. The van der Waals surface area contributed by atoms with Crippen LogP contribution in [-0.4, -0.2) is 27.9 Å². The van der Waals surface area contributed by atoms with Crippen LogP contribution in [0, 0.1) is 6.92 Å². The van der Waals surface area contributed by atoms with Gasteiger partial charge >= 0.3 is 0 Å². The molecule has 3 aromatic rings. The predicted molar refractivity (Wildman–Crippen MR) is 116 cm³/mol. The molecule has 0 unspecified atom stereocenters. The van der Waals surface area contributed by atoms with Gasteiger partial charge in [-0.05, 0) is 56.6 Å². The van der Waals surface area contributed by atoms with Crippen molar-refractivity contribution in [1.82, 2.24) is 9.97 Å². The zero-order chi connectivity index (χ0) is 18.8. The number of aryl methyl sites for hydroxylation is 3. The van der Waals surface area contributed by atoms with E-state index in [0.29, 0.717) is 5.75 Å². The quantitative estimate of drug-likeness (QED) is 0.347. The number of carbonyl (C=O) groups is 1. The number of thiophene rings is 1. The lowest BCUT2D eigenvalue weighted by atomic mass is 9.97. The first-order valence-electron chi connectivity index (χ1n) is 8.99. The molecule has 0 spiro atoms. The van der Waals surface area contributed by atoms with Gasteiger partial charge in [0.2, 0.25) is 5.91 Å². The highest BCUT2D eigenvalue weighted by Crippen LogP contribution is 2.40. The van der Waals surface area contributed by atoms with E-state index in [1.54, 1.807) is 23.1 Å².